The van der Waals surface area contributed by atoms with Gasteiger partial charge in [-0.1, -0.05) is 18.2 Å². The molecule has 0 saturated carbocycles. The molecule has 0 N–H and O–H groups in total. The molecular formula is C21H26N2O3. The first-order chi connectivity index (χ1) is 12.3. The molecule has 5 nitrogen and oxygen atoms in total. The predicted molar refractivity (Wildman–Crippen MR) is 102 cm³/mol. The molecule has 1 fully saturated rings. The summed E-state index contributed by atoms with van der Waals surface area (Å²) in [5, 5.41) is 0. The van der Waals surface area contributed by atoms with Crippen LogP contribution in [-0.2, 0) is 4.74 Å². The molecule has 0 amide bonds. The SMILES string of the molecule is Cc1ccc(O[C@@H]2CCN(c3ccccc3C(=O)OC(C)(C)C)C2)nc1. The number of benzene rings is 1. The van der Waals surface area contributed by atoms with E-state index in [9.17, 15) is 4.79 Å². The number of rotatable bonds is 4. The minimum atomic E-state index is -0.516. The first-order valence-corrected chi connectivity index (χ1v) is 8.98. The summed E-state index contributed by atoms with van der Waals surface area (Å²) in [5.74, 6) is 0.348. The third-order valence-corrected chi connectivity index (χ3v) is 4.18. The van der Waals surface area contributed by atoms with Crippen molar-refractivity contribution in [1.82, 2.24) is 4.98 Å². The predicted octanol–water partition coefficient (Wildman–Crippen LogP) is 4.00. The number of hydrogen-bond acceptors (Lipinski definition) is 5. The molecule has 0 bridgehead atoms. The number of aromatic nitrogens is 1. The van der Waals surface area contributed by atoms with Crippen molar-refractivity contribution in [3.05, 3.63) is 53.7 Å². The first kappa shape index (κ1) is 18.2. The number of pyridine rings is 1. The van der Waals surface area contributed by atoms with E-state index in [2.05, 4.69) is 9.88 Å². The van der Waals surface area contributed by atoms with Crippen molar-refractivity contribution in [1.29, 1.82) is 0 Å². The van der Waals surface area contributed by atoms with Gasteiger partial charge in [0.25, 0.3) is 0 Å². The van der Waals surface area contributed by atoms with Gasteiger partial charge in [-0.25, -0.2) is 9.78 Å². The lowest BCUT2D eigenvalue weighted by Crippen LogP contribution is -2.28. The van der Waals surface area contributed by atoms with Crippen molar-refractivity contribution >= 4 is 11.7 Å². The van der Waals surface area contributed by atoms with Crippen LogP contribution in [0.1, 0.15) is 43.1 Å². The molecule has 1 saturated heterocycles. The van der Waals surface area contributed by atoms with Gasteiger partial charge in [0.2, 0.25) is 5.88 Å². The van der Waals surface area contributed by atoms with Crippen molar-refractivity contribution < 1.29 is 14.3 Å². The number of nitrogens with zero attached hydrogens (tertiary/aromatic N) is 2. The monoisotopic (exact) mass is 354 g/mol. The van der Waals surface area contributed by atoms with Gasteiger partial charge in [0.1, 0.15) is 11.7 Å². The molecule has 0 spiro atoms. The first-order valence-electron chi connectivity index (χ1n) is 8.98. The Labute approximate surface area is 155 Å². The van der Waals surface area contributed by atoms with E-state index in [0.29, 0.717) is 11.4 Å². The fraction of sp³-hybridized carbons (Fsp3) is 0.429. The van der Waals surface area contributed by atoms with Crippen LogP contribution in [0.2, 0.25) is 0 Å². The summed E-state index contributed by atoms with van der Waals surface area (Å²) in [6, 6.07) is 11.5. The summed E-state index contributed by atoms with van der Waals surface area (Å²) in [5.41, 5.74) is 2.08. The number of aryl methyl sites for hydroxylation is 1. The Morgan fingerprint density at radius 3 is 2.65 bits per heavy atom. The van der Waals surface area contributed by atoms with Gasteiger partial charge in [-0.05, 0) is 45.4 Å². The topological polar surface area (TPSA) is 51.7 Å². The number of carbonyl (C=O) groups excluding carboxylic acids is 1. The zero-order chi connectivity index (χ0) is 18.7. The number of hydrogen-bond donors (Lipinski definition) is 0. The molecule has 5 heteroatoms. The van der Waals surface area contributed by atoms with Crippen LogP contribution in [-0.4, -0.2) is 35.7 Å². The van der Waals surface area contributed by atoms with E-state index in [1.165, 1.54) is 0 Å². The Kier molecular flexibility index (Phi) is 5.16. The smallest absolute Gasteiger partial charge is 0.340 e. The molecule has 3 rings (SSSR count). The summed E-state index contributed by atoms with van der Waals surface area (Å²) in [7, 11) is 0. The molecule has 0 unspecified atom stereocenters. The van der Waals surface area contributed by atoms with Crippen molar-refractivity contribution in [3.63, 3.8) is 0 Å². The fourth-order valence-corrected chi connectivity index (χ4v) is 2.99. The molecule has 2 heterocycles. The maximum atomic E-state index is 12.6. The Morgan fingerprint density at radius 2 is 1.96 bits per heavy atom. The average Bonchev–Trinajstić information content (AvgIpc) is 3.04. The zero-order valence-corrected chi connectivity index (χ0v) is 15.9. The van der Waals surface area contributed by atoms with Crippen molar-refractivity contribution in [2.24, 2.45) is 0 Å². The van der Waals surface area contributed by atoms with Crippen molar-refractivity contribution in [2.45, 2.75) is 45.8 Å². The van der Waals surface area contributed by atoms with Gasteiger partial charge in [-0.2, -0.15) is 0 Å². The van der Waals surface area contributed by atoms with E-state index in [-0.39, 0.29) is 12.1 Å². The summed E-state index contributed by atoms with van der Waals surface area (Å²) in [6.45, 7) is 9.18. The highest BCUT2D eigenvalue weighted by Gasteiger charge is 2.28. The molecule has 0 radical (unpaired) electrons. The number of para-hydroxylation sites is 1. The van der Waals surface area contributed by atoms with Crippen molar-refractivity contribution in [2.75, 3.05) is 18.0 Å². The molecule has 1 aromatic carbocycles. The lowest BCUT2D eigenvalue weighted by molar-refractivity contribution is 0.00702. The molecule has 2 aromatic rings. The summed E-state index contributed by atoms with van der Waals surface area (Å²) < 4.78 is 11.5. The molecule has 138 valence electrons. The van der Waals surface area contributed by atoms with Gasteiger partial charge in [-0.3, -0.25) is 0 Å². The molecule has 26 heavy (non-hydrogen) atoms. The van der Waals surface area contributed by atoms with E-state index < -0.39 is 5.60 Å². The lowest BCUT2D eigenvalue weighted by Gasteiger charge is -2.24. The maximum absolute atomic E-state index is 12.6. The highest BCUT2D eigenvalue weighted by molar-refractivity contribution is 5.96. The zero-order valence-electron chi connectivity index (χ0n) is 15.9. The second kappa shape index (κ2) is 7.36. The van der Waals surface area contributed by atoms with Gasteiger partial charge < -0.3 is 14.4 Å². The third-order valence-electron chi connectivity index (χ3n) is 4.18. The minimum absolute atomic E-state index is 0.0527. The Hall–Kier alpha value is -2.56. The van der Waals surface area contributed by atoms with Crippen LogP contribution in [0.3, 0.4) is 0 Å². The second-order valence-electron chi connectivity index (χ2n) is 7.67. The summed E-state index contributed by atoms with van der Waals surface area (Å²) >= 11 is 0. The molecular weight excluding hydrogens is 328 g/mol. The van der Waals surface area contributed by atoms with Crippen LogP contribution in [0.25, 0.3) is 0 Å². The fourth-order valence-electron chi connectivity index (χ4n) is 2.99. The van der Waals surface area contributed by atoms with Crippen LogP contribution < -0.4 is 9.64 Å². The molecule has 1 aromatic heterocycles. The Balaban J connectivity index is 1.70. The largest absolute Gasteiger partial charge is 0.472 e. The maximum Gasteiger partial charge on any atom is 0.340 e. The van der Waals surface area contributed by atoms with E-state index in [1.807, 2.05) is 64.1 Å². The highest BCUT2D eigenvalue weighted by atomic mass is 16.6. The summed E-state index contributed by atoms with van der Waals surface area (Å²) in [6.07, 6.45) is 2.75. The van der Waals surface area contributed by atoms with Crippen LogP contribution in [0.4, 0.5) is 5.69 Å². The number of ether oxygens (including phenoxy) is 2. The van der Waals surface area contributed by atoms with E-state index in [0.717, 1.165) is 30.8 Å². The highest BCUT2D eigenvalue weighted by Crippen LogP contribution is 2.28. The Bertz CT molecular complexity index is 766. The molecule has 1 atom stereocenters. The van der Waals surface area contributed by atoms with E-state index >= 15 is 0 Å². The van der Waals surface area contributed by atoms with Crippen LogP contribution in [0, 0.1) is 6.92 Å². The normalized spacial score (nSPS) is 17.2. The lowest BCUT2D eigenvalue weighted by atomic mass is 10.1. The Morgan fingerprint density at radius 1 is 1.19 bits per heavy atom. The average molecular weight is 354 g/mol. The van der Waals surface area contributed by atoms with Gasteiger partial charge in [0.05, 0.1) is 17.8 Å². The number of esters is 1. The van der Waals surface area contributed by atoms with Gasteiger partial charge in [0.15, 0.2) is 0 Å². The standard InChI is InChI=1S/C21H26N2O3/c1-15-9-10-19(22-13-15)25-16-11-12-23(14-16)18-8-6-5-7-17(18)20(24)26-21(2,3)4/h5-10,13,16H,11-12,14H2,1-4H3/t16-/m1/s1. The van der Waals surface area contributed by atoms with Gasteiger partial charge in [0, 0.05) is 25.2 Å². The summed E-state index contributed by atoms with van der Waals surface area (Å²) in [4.78, 5) is 19.0. The van der Waals surface area contributed by atoms with E-state index in [1.54, 1.807) is 6.20 Å². The van der Waals surface area contributed by atoms with Crippen LogP contribution in [0.15, 0.2) is 42.6 Å². The number of anilines is 1. The number of carbonyl (C=O) groups is 1. The molecule has 1 aliphatic heterocycles. The van der Waals surface area contributed by atoms with Gasteiger partial charge in [-0.15, -0.1) is 0 Å². The van der Waals surface area contributed by atoms with Gasteiger partial charge >= 0.3 is 5.97 Å². The molecule has 1 aliphatic rings. The van der Waals surface area contributed by atoms with Crippen LogP contribution in [0.5, 0.6) is 5.88 Å². The third kappa shape index (κ3) is 4.54. The van der Waals surface area contributed by atoms with Crippen LogP contribution >= 0.6 is 0 Å². The van der Waals surface area contributed by atoms with E-state index in [4.69, 9.17) is 9.47 Å². The quantitative estimate of drug-likeness (QED) is 0.777. The minimum Gasteiger partial charge on any atom is -0.472 e. The molecule has 0 aliphatic carbocycles. The van der Waals surface area contributed by atoms with Crippen molar-refractivity contribution in [3.8, 4) is 5.88 Å². The second-order valence-corrected chi connectivity index (χ2v) is 7.67.